The molecular formula is C10H11N3O2S2. The van der Waals surface area contributed by atoms with Crippen molar-refractivity contribution in [2.75, 3.05) is 0 Å². The van der Waals surface area contributed by atoms with Crippen molar-refractivity contribution in [2.24, 2.45) is 0 Å². The van der Waals surface area contributed by atoms with Gasteiger partial charge in [-0.2, -0.15) is 17.6 Å². The molecule has 90 valence electrons. The fourth-order valence-corrected chi connectivity index (χ4v) is 4.33. The summed E-state index contributed by atoms with van der Waals surface area (Å²) < 4.78 is 25.9. The SMILES string of the molecule is Cc1ccc(S(=O)(=O)n2cc3c(n2)CNC3)s1. The highest BCUT2D eigenvalue weighted by molar-refractivity contribution is 7.91. The summed E-state index contributed by atoms with van der Waals surface area (Å²) in [5.41, 5.74) is 1.78. The van der Waals surface area contributed by atoms with Crippen molar-refractivity contribution in [2.45, 2.75) is 24.2 Å². The van der Waals surface area contributed by atoms with Crippen LogP contribution in [0.1, 0.15) is 16.1 Å². The standard InChI is InChI=1S/C10H11N3O2S2/c1-7-2-3-10(16-7)17(14,15)13-6-8-4-11-5-9(8)12-13/h2-3,6,11H,4-5H2,1H3. The number of rotatable bonds is 2. The number of aryl methyl sites for hydroxylation is 1. The van der Waals surface area contributed by atoms with Gasteiger partial charge in [-0.15, -0.1) is 11.3 Å². The van der Waals surface area contributed by atoms with Crippen LogP contribution in [-0.2, 0) is 23.1 Å². The molecule has 3 rings (SSSR count). The summed E-state index contributed by atoms with van der Waals surface area (Å²) >= 11 is 1.27. The van der Waals surface area contributed by atoms with Crippen molar-refractivity contribution >= 4 is 21.4 Å². The van der Waals surface area contributed by atoms with E-state index in [0.717, 1.165) is 20.2 Å². The monoisotopic (exact) mass is 269 g/mol. The Balaban J connectivity index is 2.08. The van der Waals surface area contributed by atoms with E-state index < -0.39 is 10.0 Å². The Morgan fingerprint density at radius 3 is 2.88 bits per heavy atom. The maximum Gasteiger partial charge on any atom is 0.292 e. The van der Waals surface area contributed by atoms with Crippen LogP contribution in [0.5, 0.6) is 0 Å². The van der Waals surface area contributed by atoms with E-state index in [9.17, 15) is 8.42 Å². The van der Waals surface area contributed by atoms with Gasteiger partial charge in [0.05, 0.1) is 5.69 Å². The van der Waals surface area contributed by atoms with Gasteiger partial charge in [0.25, 0.3) is 10.0 Å². The Morgan fingerprint density at radius 1 is 1.41 bits per heavy atom. The van der Waals surface area contributed by atoms with E-state index in [1.807, 2.05) is 6.92 Å². The first-order valence-electron chi connectivity index (χ1n) is 5.17. The molecule has 1 aliphatic rings. The molecule has 5 nitrogen and oxygen atoms in total. The van der Waals surface area contributed by atoms with Crippen LogP contribution in [0.2, 0.25) is 0 Å². The molecule has 0 saturated heterocycles. The van der Waals surface area contributed by atoms with Crippen molar-refractivity contribution in [1.29, 1.82) is 0 Å². The fourth-order valence-electron chi connectivity index (χ4n) is 1.80. The molecule has 3 heterocycles. The highest BCUT2D eigenvalue weighted by atomic mass is 32.2. The quantitative estimate of drug-likeness (QED) is 0.886. The predicted octanol–water partition coefficient (Wildman–Crippen LogP) is 1.09. The molecule has 0 unspecified atom stereocenters. The molecule has 0 aliphatic carbocycles. The lowest BCUT2D eigenvalue weighted by molar-refractivity contribution is 0.580. The Morgan fingerprint density at radius 2 is 2.24 bits per heavy atom. The van der Waals surface area contributed by atoms with Gasteiger partial charge in [-0.25, -0.2) is 0 Å². The van der Waals surface area contributed by atoms with Crippen LogP contribution in [0.3, 0.4) is 0 Å². The third kappa shape index (κ3) is 1.70. The first kappa shape index (κ1) is 10.9. The van der Waals surface area contributed by atoms with Crippen LogP contribution in [0.4, 0.5) is 0 Å². The lowest BCUT2D eigenvalue weighted by Crippen LogP contribution is -2.14. The van der Waals surface area contributed by atoms with E-state index in [-0.39, 0.29) is 0 Å². The zero-order valence-electron chi connectivity index (χ0n) is 9.17. The molecule has 0 amide bonds. The molecule has 0 fully saturated rings. The van der Waals surface area contributed by atoms with Gasteiger partial charge in [0.2, 0.25) is 0 Å². The van der Waals surface area contributed by atoms with Crippen LogP contribution < -0.4 is 5.32 Å². The van der Waals surface area contributed by atoms with Gasteiger partial charge in [-0.3, -0.25) is 0 Å². The topological polar surface area (TPSA) is 64.0 Å². The van der Waals surface area contributed by atoms with E-state index in [4.69, 9.17) is 0 Å². The molecule has 1 N–H and O–H groups in total. The molecule has 17 heavy (non-hydrogen) atoms. The van der Waals surface area contributed by atoms with Crippen LogP contribution >= 0.6 is 11.3 Å². The smallest absolute Gasteiger partial charge is 0.292 e. The summed E-state index contributed by atoms with van der Waals surface area (Å²) in [4.78, 5) is 0.977. The number of nitrogens with zero attached hydrogens (tertiary/aromatic N) is 2. The summed E-state index contributed by atoms with van der Waals surface area (Å²) in [6, 6.07) is 3.43. The number of aromatic nitrogens is 2. The minimum absolute atomic E-state index is 0.337. The van der Waals surface area contributed by atoms with Gasteiger partial charge >= 0.3 is 0 Å². The summed E-state index contributed by atoms with van der Waals surface area (Å²) in [5, 5.41) is 7.24. The zero-order valence-corrected chi connectivity index (χ0v) is 10.8. The van der Waals surface area contributed by atoms with E-state index in [0.29, 0.717) is 17.3 Å². The number of hydrogen-bond donors (Lipinski definition) is 1. The van der Waals surface area contributed by atoms with E-state index in [1.54, 1.807) is 18.3 Å². The third-order valence-corrected chi connectivity index (χ3v) is 5.68. The minimum Gasteiger partial charge on any atom is -0.307 e. The maximum absolute atomic E-state index is 12.2. The molecule has 0 radical (unpaired) electrons. The Bertz CT molecular complexity index is 648. The summed E-state index contributed by atoms with van der Waals surface area (Å²) in [5.74, 6) is 0. The fraction of sp³-hybridized carbons (Fsp3) is 0.300. The Hall–Kier alpha value is -1.18. The first-order chi connectivity index (χ1) is 8.07. The highest BCUT2D eigenvalue weighted by Gasteiger charge is 2.23. The summed E-state index contributed by atoms with van der Waals surface area (Å²) in [7, 11) is -3.50. The molecule has 0 spiro atoms. The molecular weight excluding hydrogens is 258 g/mol. The first-order valence-corrected chi connectivity index (χ1v) is 7.43. The van der Waals surface area contributed by atoms with Gasteiger partial charge in [0.15, 0.2) is 0 Å². The molecule has 0 aromatic carbocycles. The van der Waals surface area contributed by atoms with Crippen LogP contribution in [-0.4, -0.2) is 17.6 Å². The molecule has 1 aliphatic heterocycles. The van der Waals surface area contributed by atoms with E-state index in [1.165, 1.54) is 11.3 Å². The maximum atomic E-state index is 12.2. The van der Waals surface area contributed by atoms with Gasteiger partial charge in [-0.05, 0) is 19.1 Å². The molecule has 0 atom stereocenters. The average Bonchev–Trinajstić information content (AvgIpc) is 2.89. The Kier molecular flexibility index (Phi) is 2.35. The van der Waals surface area contributed by atoms with Crippen molar-refractivity contribution in [3.8, 4) is 0 Å². The molecule has 7 heteroatoms. The molecule has 2 aromatic rings. The van der Waals surface area contributed by atoms with Gasteiger partial charge in [-0.1, -0.05) is 0 Å². The van der Waals surface area contributed by atoms with Crippen molar-refractivity contribution in [3.05, 3.63) is 34.5 Å². The normalized spacial score (nSPS) is 15.1. The predicted molar refractivity (Wildman–Crippen MR) is 64.4 cm³/mol. The lowest BCUT2D eigenvalue weighted by Gasteiger charge is -2.01. The van der Waals surface area contributed by atoms with Crippen LogP contribution in [0.25, 0.3) is 0 Å². The third-order valence-electron chi connectivity index (χ3n) is 2.68. The van der Waals surface area contributed by atoms with E-state index >= 15 is 0 Å². The molecule has 2 aromatic heterocycles. The lowest BCUT2D eigenvalue weighted by atomic mass is 10.3. The number of nitrogens with one attached hydrogen (secondary N) is 1. The zero-order chi connectivity index (χ0) is 12.0. The highest BCUT2D eigenvalue weighted by Crippen LogP contribution is 2.24. The minimum atomic E-state index is -3.50. The summed E-state index contributed by atoms with van der Waals surface area (Å²) in [6.07, 6.45) is 1.60. The van der Waals surface area contributed by atoms with Gasteiger partial charge in [0.1, 0.15) is 4.21 Å². The van der Waals surface area contributed by atoms with Crippen molar-refractivity contribution in [3.63, 3.8) is 0 Å². The Labute approximate surface area is 103 Å². The second kappa shape index (κ2) is 3.66. The number of fused-ring (bicyclic) bond motifs is 1. The van der Waals surface area contributed by atoms with E-state index in [2.05, 4.69) is 10.4 Å². The second-order valence-electron chi connectivity index (χ2n) is 3.95. The van der Waals surface area contributed by atoms with Crippen molar-refractivity contribution < 1.29 is 8.42 Å². The number of thiophene rings is 1. The largest absolute Gasteiger partial charge is 0.307 e. The number of hydrogen-bond acceptors (Lipinski definition) is 5. The van der Waals surface area contributed by atoms with Crippen molar-refractivity contribution in [1.82, 2.24) is 14.5 Å². The second-order valence-corrected chi connectivity index (χ2v) is 7.26. The van der Waals surface area contributed by atoms with Gasteiger partial charge in [0, 0.05) is 29.7 Å². The molecule has 0 bridgehead atoms. The average molecular weight is 269 g/mol. The van der Waals surface area contributed by atoms with Gasteiger partial charge < -0.3 is 5.32 Å². The summed E-state index contributed by atoms with van der Waals surface area (Å²) in [6.45, 7) is 3.21. The van der Waals surface area contributed by atoms with Crippen LogP contribution in [0.15, 0.2) is 22.5 Å². The van der Waals surface area contributed by atoms with Crippen LogP contribution in [0, 0.1) is 6.92 Å². The molecule has 0 saturated carbocycles.